The van der Waals surface area contributed by atoms with Crippen molar-refractivity contribution in [3.8, 4) is 5.75 Å². The number of carbonyl (C=O) groups excluding carboxylic acids is 1. The number of carbonyl (C=O) groups is 1. The lowest BCUT2D eigenvalue weighted by atomic mass is 10.0. The van der Waals surface area contributed by atoms with Crippen molar-refractivity contribution < 1.29 is 15.0 Å². The number of benzene rings is 1. The highest BCUT2D eigenvalue weighted by atomic mass is 16.3. The Bertz CT molecular complexity index is 420. The summed E-state index contributed by atoms with van der Waals surface area (Å²) in [7, 11) is 0. The molecule has 0 heterocycles. The first-order valence-electron chi connectivity index (χ1n) is 7.50. The van der Waals surface area contributed by atoms with E-state index in [-0.39, 0.29) is 24.2 Å². The molecule has 0 saturated heterocycles. The van der Waals surface area contributed by atoms with Crippen LogP contribution >= 0.6 is 0 Å². The van der Waals surface area contributed by atoms with E-state index in [2.05, 4.69) is 10.6 Å². The second-order valence-electron chi connectivity index (χ2n) is 5.36. The lowest BCUT2D eigenvalue weighted by Gasteiger charge is -2.17. The second kappa shape index (κ2) is 9.23. The summed E-state index contributed by atoms with van der Waals surface area (Å²) in [5.41, 5.74) is 1.13. The van der Waals surface area contributed by atoms with Crippen molar-refractivity contribution in [2.24, 2.45) is 5.92 Å². The summed E-state index contributed by atoms with van der Waals surface area (Å²) < 4.78 is 0. The van der Waals surface area contributed by atoms with Crippen LogP contribution in [-0.4, -0.2) is 35.4 Å². The molecule has 0 saturated carbocycles. The fourth-order valence-corrected chi connectivity index (χ4v) is 1.89. The predicted molar refractivity (Wildman–Crippen MR) is 83.3 cm³/mol. The normalized spacial score (nSPS) is 13.5. The Morgan fingerprint density at radius 1 is 1.24 bits per heavy atom. The average Bonchev–Trinajstić information content (AvgIpc) is 2.50. The van der Waals surface area contributed by atoms with Crippen molar-refractivity contribution in [3.05, 3.63) is 29.8 Å². The maximum absolute atomic E-state index is 11.5. The predicted octanol–water partition coefficient (Wildman–Crippen LogP) is 2.03. The van der Waals surface area contributed by atoms with Gasteiger partial charge in [0, 0.05) is 13.1 Å². The summed E-state index contributed by atoms with van der Waals surface area (Å²) >= 11 is 0. The summed E-state index contributed by atoms with van der Waals surface area (Å²) in [6.07, 6.45) is 2.05. The van der Waals surface area contributed by atoms with Crippen LogP contribution in [0.25, 0.3) is 0 Å². The Balaban J connectivity index is 2.12. The molecule has 0 radical (unpaired) electrons. The van der Waals surface area contributed by atoms with Gasteiger partial charge in [-0.25, -0.2) is 4.79 Å². The van der Waals surface area contributed by atoms with Crippen molar-refractivity contribution in [1.29, 1.82) is 0 Å². The Kier molecular flexibility index (Phi) is 7.61. The van der Waals surface area contributed by atoms with E-state index in [4.69, 9.17) is 0 Å². The monoisotopic (exact) mass is 294 g/mol. The van der Waals surface area contributed by atoms with Gasteiger partial charge in [-0.3, -0.25) is 0 Å². The van der Waals surface area contributed by atoms with E-state index in [0.29, 0.717) is 6.54 Å². The number of urea groups is 1. The Labute approximate surface area is 126 Å². The van der Waals surface area contributed by atoms with Gasteiger partial charge >= 0.3 is 6.03 Å². The van der Waals surface area contributed by atoms with Crippen LogP contribution in [0.5, 0.6) is 5.75 Å². The maximum atomic E-state index is 11.5. The zero-order valence-corrected chi connectivity index (χ0v) is 12.8. The summed E-state index contributed by atoms with van der Waals surface area (Å²) in [5, 5.41) is 24.4. The fourth-order valence-electron chi connectivity index (χ4n) is 1.89. The topological polar surface area (TPSA) is 81.6 Å². The second-order valence-corrected chi connectivity index (χ2v) is 5.36. The minimum atomic E-state index is -0.502. The van der Waals surface area contributed by atoms with Gasteiger partial charge in [-0.2, -0.15) is 0 Å². The molecule has 21 heavy (non-hydrogen) atoms. The lowest BCUT2D eigenvalue weighted by molar-refractivity contribution is 0.114. The van der Waals surface area contributed by atoms with Crippen LogP contribution in [0.3, 0.4) is 0 Å². The number of rotatable bonds is 8. The number of amides is 2. The molecule has 0 aliphatic heterocycles. The number of nitrogens with one attached hydrogen (secondary N) is 2. The summed E-state index contributed by atoms with van der Waals surface area (Å²) in [4.78, 5) is 11.5. The molecule has 2 amide bonds. The zero-order valence-electron chi connectivity index (χ0n) is 12.8. The van der Waals surface area contributed by atoms with Crippen LogP contribution in [-0.2, 0) is 6.42 Å². The van der Waals surface area contributed by atoms with Crippen molar-refractivity contribution in [2.45, 2.75) is 39.2 Å². The number of aryl methyl sites for hydroxylation is 1. The molecular weight excluding hydrogens is 268 g/mol. The van der Waals surface area contributed by atoms with Gasteiger partial charge in [0.2, 0.25) is 0 Å². The van der Waals surface area contributed by atoms with Gasteiger partial charge in [0.1, 0.15) is 5.75 Å². The first-order valence-corrected chi connectivity index (χ1v) is 7.50. The van der Waals surface area contributed by atoms with Crippen LogP contribution in [0.2, 0.25) is 0 Å². The molecule has 1 rings (SSSR count). The molecule has 1 aromatic carbocycles. The van der Waals surface area contributed by atoms with Gasteiger partial charge in [0.15, 0.2) is 0 Å². The SMILES string of the molecule is CCC(C)C(O)CNC(=O)NCCCc1ccc(O)cc1. The van der Waals surface area contributed by atoms with E-state index in [1.54, 1.807) is 12.1 Å². The molecule has 2 atom stereocenters. The van der Waals surface area contributed by atoms with Gasteiger partial charge in [0.25, 0.3) is 0 Å². The van der Waals surface area contributed by atoms with E-state index >= 15 is 0 Å². The van der Waals surface area contributed by atoms with Crippen LogP contribution in [0, 0.1) is 5.92 Å². The van der Waals surface area contributed by atoms with Crippen LogP contribution < -0.4 is 10.6 Å². The molecule has 0 aliphatic rings. The first kappa shape index (κ1) is 17.3. The fraction of sp³-hybridized carbons (Fsp3) is 0.562. The molecule has 5 heteroatoms. The molecule has 4 N–H and O–H groups in total. The van der Waals surface area contributed by atoms with E-state index in [0.717, 1.165) is 24.8 Å². The van der Waals surface area contributed by atoms with E-state index < -0.39 is 6.10 Å². The van der Waals surface area contributed by atoms with Gasteiger partial charge in [-0.15, -0.1) is 0 Å². The molecular formula is C16H26N2O3. The van der Waals surface area contributed by atoms with E-state index in [1.807, 2.05) is 26.0 Å². The number of phenolic OH excluding ortho intramolecular Hbond substituents is 1. The number of phenols is 1. The molecule has 2 unspecified atom stereocenters. The first-order chi connectivity index (χ1) is 10.0. The standard InChI is InChI=1S/C16H26N2O3/c1-3-12(2)15(20)11-18-16(21)17-10-4-5-13-6-8-14(19)9-7-13/h6-9,12,15,19-20H,3-5,10-11H2,1-2H3,(H2,17,18,21). The largest absolute Gasteiger partial charge is 0.508 e. The number of aliphatic hydroxyl groups excluding tert-OH is 1. The van der Waals surface area contributed by atoms with Crippen molar-refractivity contribution in [3.63, 3.8) is 0 Å². The molecule has 118 valence electrons. The highest BCUT2D eigenvalue weighted by Crippen LogP contribution is 2.10. The average molecular weight is 294 g/mol. The number of hydrogen-bond acceptors (Lipinski definition) is 3. The molecule has 0 bridgehead atoms. The van der Waals surface area contributed by atoms with Crippen molar-refractivity contribution >= 4 is 6.03 Å². The molecule has 5 nitrogen and oxygen atoms in total. The number of hydrogen-bond donors (Lipinski definition) is 4. The third-order valence-electron chi connectivity index (χ3n) is 3.64. The van der Waals surface area contributed by atoms with E-state index in [1.165, 1.54) is 0 Å². The lowest BCUT2D eigenvalue weighted by Crippen LogP contribution is -2.41. The summed E-state index contributed by atoms with van der Waals surface area (Å²) in [6.45, 7) is 4.82. The maximum Gasteiger partial charge on any atom is 0.314 e. The van der Waals surface area contributed by atoms with Gasteiger partial charge in [0.05, 0.1) is 6.10 Å². The van der Waals surface area contributed by atoms with E-state index in [9.17, 15) is 15.0 Å². The van der Waals surface area contributed by atoms with Crippen molar-refractivity contribution in [1.82, 2.24) is 10.6 Å². The van der Waals surface area contributed by atoms with Gasteiger partial charge < -0.3 is 20.8 Å². The highest BCUT2D eigenvalue weighted by molar-refractivity contribution is 5.73. The number of aromatic hydroxyl groups is 1. The molecule has 0 spiro atoms. The molecule has 1 aromatic rings. The quantitative estimate of drug-likeness (QED) is 0.554. The van der Waals surface area contributed by atoms with Crippen molar-refractivity contribution in [2.75, 3.05) is 13.1 Å². The third kappa shape index (κ3) is 6.99. The summed E-state index contributed by atoms with van der Waals surface area (Å²) in [5.74, 6) is 0.441. The van der Waals surface area contributed by atoms with Crippen LogP contribution in [0.4, 0.5) is 4.79 Å². The van der Waals surface area contributed by atoms with Crippen LogP contribution in [0.15, 0.2) is 24.3 Å². The minimum Gasteiger partial charge on any atom is -0.508 e. The highest BCUT2D eigenvalue weighted by Gasteiger charge is 2.12. The van der Waals surface area contributed by atoms with Gasteiger partial charge in [-0.05, 0) is 36.5 Å². The Hall–Kier alpha value is -1.75. The van der Waals surface area contributed by atoms with Gasteiger partial charge in [-0.1, -0.05) is 32.4 Å². The molecule has 0 fully saturated rings. The van der Waals surface area contributed by atoms with Crippen LogP contribution in [0.1, 0.15) is 32.3 Å². The zero-order chi connectivity index (χ0) is 15.7. The Morgan fingerprint density at radius 2 is 1.90 bits per heavy atom. The molecule has 0 aromatic heterocycles. The number of aliphatic hydroxyl groups is 1. The molecule has 0 aliphatic carbocycles. The third-order valence-corrected chi connectivity index (χ3v) is 3.64. The Morgan fingerprint density at radius 3 is 2.52 bits per heavy atom. The smallest absolute Gasteiger partial charge is 0.314 e. The minimum absolute atomic E-state index is 0.180. The summed E-state index contributed by atoms with van der Waals surface area (Å²) in [6, 6.07) is 6.82.